The summed E-state index contributed by atoms with van der Waals surface area (Å²) in [5.74, 6) is -0.00843. The van der Waals surface area contributed by atoms with E-state index in [1.807, 2.05) is 25.2 Å². The van der Waals surface area contributed by atoms with Crippen LogP contribution in [0.25, 0.3) is 0 Å². The van der Waals surface area contributed by atoms with E-state index in [1.54, 1.807) is 24.3 Å². The van der Waals surface area contributed by atoms with Crippen LogP contribution < -0.4 is 5.32 Å². The molecular formula is C19H22N2O2. The summed E-state index contributed by atoms with van der Waals surface area (Å²) in [5, 5.41) is 2.85. The highest BCUT2D eigenvalue weighted by Crippen LogP contribution is 2.10. The van der Waals surface area contributed by atoms with E-state index >= 15 is 0 Å². The zero-order chi connectivity index (χ0) is 16.7. The van der Waals surface area contributed by atoms with Gasteiger partial charge in [-0.2, -0.15) is 0 Å². The number of Topliss-reactive ketones (excluding diaryl/α,β-unsaturated/α-hetero) is 1. The maximum Gasteiger partial charge on any atom is 0.225 e. The van der Waals surface area contributed by atoms with Gasteiger partial charge in [-0.05, 0) is 43.8 Å². The first-order valence-electron chi connectivity index (χ1n) is 7.68. The van der Waals surface area contributed by atoms with Crippen molar-refractivity contribution in [3.05, 3.63) is 65.7 Å². The highest BCUT2D eigenvalue weighted by molar-refractivity contribution is 5.95. The number of carbonyl (C=O) groups excluding carboxylic acids is 2. The summed E-state index contributed by atoms with van der Waals surface area (Å²) < 4.78 is 0. The molecule has 0 aliphatic carbocycles. The molecule has 0 aliphatic rings. The fourth-order valence-electron chi connectivity index (χ4n) is 2.28. The molecule has 0 spiro atoms. The lowest BCUT2D eigenvalue weighted by Crippen LogP contribution is -2.24. The molecule has 0 heterocycles. The van der Waals surface area contributed by atoms with Crippen LogP contribution in [0.5, 0.6) is 0 Å². The number of benzene rings is 2. The molecule has 0 bridgehead atoms. The lowest BCUT2D eigenvalue weighted by Gasteiger charge is -2.16. The second kappa shape index (κ2) is 8.25. The summed E-state index contributed by atoms with van der Waals surface area (Å²) in [7, 11) is 2.00. The molecule has 0 saturated heterocycles. The smallest absolute Gasteiger partial charge is 0.225 e. The quantitative estimate of drug-likeness (QED) is 0.798. The van der Waals surface area contributed by atoms with Crippen LogP contribution in [-0.4, -0.2) is 30.2 Å². The topological polar surface area (TPSA) is 49.4 Å². The molecule has 1 N–H and O–H groups in total. The van der Waals surface area contributed by atoms with Crippen molar-refractivity contribution in [2.75, 3.05) is 18.9 Å². The van der Waals surface area contributed by atoms with Gasteiger partial charge in [-0.25, -0.2) is 0 Å². The number of ketones is 1. The molecular weight excluding hydrogens is 288 g/mol. The van der Waals surface area contributed by atoms with E-state index < -0.39 is 0 Å². The largest absolute Gasteiger partial charge is 0.326 e. The van der Waals surface area contributed by atoms with Crippen LogP contribution in [0.1, 0.15) is 29.3 Å². The Bertz CT molecular complexity index is 651. The predicted octanol–water partition coefficient (Wildman–Crippen LogP) is 3.35. The monoisotopic (exact) mass is 310 g/mol. The summed E-state index contributed by atoms with van der Waals surface area (Å²) in [6.07, 6.45) is 0.428. The van der Waals surface area contributed by atoms with Crippen molar-refractivity contribution >= 4 is 17.4 Å². The minimum Gasteiger partial charge on any atom is -0.326 e. The fraction of sp³-hybridized carbons (Fsp3) is 0.263. The van der Waals surface area contributed by atoms with Crippen LogP contribution in [0.15, 0.2) is 54.6 Å². The van der Waals surface area contributed by atoms with Crippen molar-refractivity contribution in [2.45, 2.75) is 19.9 Å². The summed E-state index contributed by atoms with van der Waals surface area (Å²) in [6, 6.07) is 17.1. The Balaban J connectivity index is 1.77. The van der Waals surface area contributed by atoms with Crippen LogP contribution in [-0.2, 0) is 11.3 Å². The number of amides is 1. The minimum absolute atomic E-state index is 0.0189. The molecule has 0 unspecified atom stereocenters. The first kappa shape index (κ1) is 16.9. The Hall–Kier alpha value is -2.46. The van der Waals surface area contributed by atoms with Crippen LogP contribution in [0, 0.1) is 0 Å². The predicted molar refractivity (Wildman–Crippen MR) is 92.5 cm³/mol. The van der Waals surface area contributed by atoms with Crippen molar-refractivity contribution in [1.82, 2.24) is 4.90 Å². The van der Waals surface area contributed by atoms with Gasteiger partial charge in [-0.15, -0.1) is 0 Å². The van der Waals surface area contributed by atoms with Gasteiger partial charge in [0.25, 0.3) is 0 Å². The van der Waals surface area contributed by atoms with Gasteiger partial charge in [0.1, 0.15) is 0 Å². The van der Waals surface area contributed by atoms with Crippen molar-refractivity contribution in [3.8, 4) is 0 Å². The Morgan fingerprint density at radius 1 is 1.00 bits per heavy atom. The number of hydrogen-bond acceptors (Lipinski definition) is 3. The van der Waals surface area contributed by atoms with Gasteiger partial charge in [-0.1, -0.05) is 30.3 Å². The van der Waals surface area contributed by atoms with E-state index in [0.717, 1.165) is 6.54 Å². The van der Waals surface area contributed by atoms with E-state index in [4.69, 9.17) is 0 Å². The van der Waals surface area contributed by atoms with Crippen molar-refractivity contribution < 1.29 is 9.59 Å². The van der Waals surface area contributed by atoms with Crippen molar-refractivity contribution in [1.29, 1.82) is 0 Å². The third kappa shape index (κ3) is 5.68. The highest BCUT2D eigenvalue weighted by atomic mass is 16.1. The van der Waals surface area contributed by atoms with Gasteiger partial charge >= 0.3 is 0 Å². The fourth-order valence-corrected chi connectivity index (χ4v) is 2.28. The molecule has 23 heavy (non-hydrogen) atoms. The van der Waals surface area contributed by atoms with Crippen molar-refractivity contribution in [3.63, 3.8) is 0 Å². The van der Waals surface area contributed by atoms with E-state index in [-0.39, 0.29) is 11.7 Å². The SMILES string of the molecule is CC(=O)c1ccc(NC(=O)CCN(C)Cc2ccccc2)cc1. The molecule has 0 atom stereocenters. The van der Waals surface area contributed by atoms with Crippen molar-refractivity contribution in [2.24, 2.45) is 0 Å². The second-order valence-corrected chi connectivity index (χ2v) is 5.66. The Kier molecular flexibility index (Phi) is 6.06. The number of rotatable bonds is 7. The normalized spacial score (nSPS) is 10.6. The third-order valence-electron chi connectivity index (χ3n) is 3.59. The first-order valence-corrected chi connectivity index (χ1v) is 7.68. The Morgan fingerprint density at radius 3 is 2.26 bits per heavy atom. The molecule has 0 fully saturated rings. The van der Waals surface area contributed by atoms with E-state index in [0.29, 0.717) is 24.2 Å². The third-order valence-corrected chi connectivity index (χ3v) is 3.59. The summed E-state index contributed by atoms with van der Waals surface area (Å²) in [6.45, 7) is 3.03. The van der Waals surface area contributed by atoms with Gasteiger partial charge in [-0.3, -0.25) is 9.59 Å². The van der Waals surface area contributed by atoms with Gasteiger partial charge in [0, 0.05) is 30.8 Å². The average Bonchev–Trinajstić information content (AvgIpc) is 2.54. The summed E-state index contributed by atoms with van der Waals surface area (Å²) in [5.41, 5.74) is 2.59. The molecule has 4 nitrogen and oxygen atoms in total. The van der Waals surface area contributed by atoms with Gasteiger partial charge in [0.15, 0.2) is 5.78 Å². The molecule has 0 aliphatic heterocycles. The summed E-state index contributed by atoms with van der Waals surface area (Å²) in [4.78, 5) is 25.3. The highest BCUT2D eigenvalue weighted by Gasteiger charge is 2.06. The van der Waals surface area contributed by atoms with Gasteiger partial charge < -0.3 is 10.2 Å². The van der Waals surface area contributed by atoms with E-state index in [2.05, 4.69) is 22.3 Å². The maximum atomic E-state index is 12.0. The van der Waals surface area contributed by atoms with Crippen LogP contribution in [0.3, 0.4) is 0 Å². The van der Waals surface area contributed by atoms with Crippen LogP contribution >= 0.6 is 0 Å². The minimum atomic E-state index is -0.0273. The zero-order valence-corrected chi connectivity index (χ0v) is 13.6. The molecule has 0 saturated carbocycles. The second-order valence-electron chi connectivity index (χ2n) is 5.66. The van der Waals surface area contributed by atoms with Gasteiger partial charge in [0.2, 0.25) is 5.91 Å². The number of carbonyl (C=O) groups is 2. The molecule has 120 valence electrons. The molecule has 0 radical (unpaired) electrons. The molecule has 1 amide bonds. The van der Waals surface area contributed by atoms with Crippen LogP contribution in [0.4, 0.5) is 5.69 Å². The molecule has 2 aromatic rings. The number of hydrogen-bond donors (Lipinski definition) is 1. The maximum absolute atomic E-state index is 12.0. The first-order chi connectivity index (χ1) is 11.0. The number of nitrogens with zero attached hydrogens (tertiary/aromatic N) is 1. The van der Waals surface area contributed by atoms with E-state index in [1.165, 1.54) is 12.5 Å². The Morgan fingerprint density at radius 2 is 1.65 bits per heavy atom. The lowest BCUT2D eigenvalue weighted by molar-refractivity contribution is -0.116. The van der Waals surface area contributed by atoms with Gasteiger partial charge in [0.05, 0.1) is 0 Å². The molecule has 4 heteroatoms. The van der Waals surface area contributed by atoms with Crippen LogP contribution in [0.2, 0.25) is 0 Å². The number of anilines is 1. The summed E-state index contributed by atoms with van der Waals surface area (Å²) >= 11 is 0. The zero-order valence-electron chi connectivity index (χ0n) is 13.6. The molecule has 2 rings (SSSR count). The lowest BCUT2D eigenvalue weighted by atomic mass is 10.1. The molecule has 2 aromatic carbocycles. The molecule has 0 aromatic heterocycles. The Labute approximate surface area is 137 Å². The standard InChI is InChI=1S/C19H22N2O2/c1-15(22)17-8-10-18(11-9-17)20-19(23)12-13-21(2)14-16-6-4-3-5-7-16/h3-11H,12-14H2,1-2H3,(H,20,23). The average molecular weight is 310 g/mol. The number of nitrogens with one attached hydrogen (secondary N) is 1. The van der Waals surface area contributed by atoms with E-state index in [9.17, 15) is 9.59 Å².